The normalized spacial score (nSPS) is 10.8. The summed E-state index contributed by atoms with van der Waals surface area (Å²) in [7, 11) is 0. The first kappa shape index (κ1) is 15.9. The number of nitrogens with zero attached hydrogens (tertiary/aromatic N) is 1. The van der Waals surface area contributed by atoms with Crippen molar-refractivity contribution in [1.82, 2.24) is 9.97 Å². The average molecular weight is 421 g/mol. The van der Waals surface area contributed by atoms with Gasteiger partial charge in [0.25, 0.3) is 5.56 Å². The van der Waals surface area contributed by atoms with Gasteiger partial charge in [0, 0.05) is 9.92 Å². The summed E-state index contributed by atoms with van der Waals surface area (Å²) >= 11 is 9.62. The molecule has 0 unspecified atom stereocenters. The minimum absolute atomic E-state index is 0.0502. The molecule has 0 aliphatic rings. The Labute approximate surface area is 140 Å². The molecular weight excluding hydrogens is 407 g/mol. The van der Waals surface area contributed by atoms with Crippen molar-refractivity contribution in [2.75, 3.05) is 0 Å². The topological polar surface area (TPSA) is 45.8 Å². The lowest BCUT2D eigenvalue weighted by atomic mass is 10.2. The summed E-state index contributed by atoms with van der Waals surface area (Å²) in [5.41, 5.74) is 0.837. The number of benzene rings is 1. The number of aromatic nitrogens is 2. The Kier molecular flexibility index (Phi) is 5.92. The molecule has 1 aromatic heterocycles. The fourth-order valence-electron chi connectivity index (χ4n) is 1.74. The van der Waals surface area contributed by atoms with Crippen molar-refractivity contribution < 1.29 is 0 Å². The largest absolute Gasteiger partial charge is 0.309 e. The molecule has 2 aromatic rings. The van der Waals surface area contributed by atoms with E-state index in [1.165, 1.54) is 0 Å². The lowest BCUT2D eigenvalue weighted by Gasteiger charge is -2.06. The monoisotopic (exact) mass is 420 g/mol. The predicted molar refractivity (Wildman–Crippen MR) is 92.6 cm³/mol. The third-order valence-electron chi connectivity index (χ3n) is 2.64. The first-order valence-electron chi connectivity index (χ1n) is 6.26. The molecule has 3 nitrogen and oxygen atoms in total. The van der Waals surface area contributed by atoms with Crippen molar-refractivity contribution >= 4 is 46.0 Å². The van der Waals surface area contributed by atoms with Gasteiger partial charge in [0.15, 0.2) is 0 Å². The third-order valence-corrected chi connectivity index (χ3v) is 4.99. The van der Waals surface area contributed by atoms with Crippen molar-refractivity contribution in [2.24, 2.45) is 0 Å². The molecular formula is C14H14ClIN2OS. The second kappa shape index (κ2) is 7.47. The highest BCUT2D eigenvalue weighted by Crippen LogP contribution is 2.24. The van der Waals surface area contributed by atoms with Gasteiger partial charge in [-0.3, -0.25) is 4.79 Å². The van der Waals surface area contributed by atoms with Gasteiger partial charge in [-0.15, -0.1) is 11.8 Å². The molecule has 0 saturated carbocycles. The predicted octanol–water partition coefficient (Wildman–Crippen LogP) is 4.27. The zero-order chi connectivity index (χ0) is 14.5. The Hall–Kier alpha value is -0.530. The standard InChI is InChI=1S/C14H14ClIN2OS/c1-2-4-11-13(16)14(19)18-12(17-11)8-20-10-6-3-5-9(15)7-10/h3,5-7H,2,4,8H2,1H3,(H,17,18,19). The van der Waals surface area contributed by atoms with Crippen LogP contribution in [0.1, 0.15) is 24.9 Å². The molecule has 106 valence electrons. The summed E-state index contributed by atoms with van der Waals surface area (Å²) in [6.07, 6.45) is 1.81. The quantitative estimate of drug-likeness (QED) is 0.580. The Morgan fingerprint density at radius 3 is 2.95 bits per heavy atom. The summed E-state index contributed by atoms with van der Waals surface area (Å²) < 4.78 is 0.695. The van der Waals surface area contributed by atoms with Crippen LogP contribution in [0.5, 0.6) is 0 Å². The smallest absolute Gasteiger partial charge is 0.264 e. The minimum Gasteiger partial charge on any atom is -0.309 e. The number of nitrogens with one attached hydrogen (secondary N) is 1. The zero-order valence-corrected chi connectivity index (χ0v) is 14.7. The van der Waals surface area contributed by atoms with E-state index in [0.29, 0.717) is 20.2 Å². The second-order valence-electron chi connectivity index (χ2n) is 4.27. The molecule has 0 aliphatic carbocycles. The van der Waals surface area contributed by atoms with Crippen molar-refractivity contribution in [3.05, 3.63) is 54.7 Å². The molecule has 1 heterocycles. The van der Waals surface area contributed by atoms with Crippen molar-refractivity contribution in [1.29, 1.82) is 0 Å². The number of halogens is 2. The van der Waals surface area contributed by atoms with Gasteiger partial charge in [-0.2, -0.15) is 0 Å². The molecule has 0 atom stereocenters. The summed E-state index contributed by atoms with van der Waals surface area (Å²) in [5, 5.41) is 0.714. The lowest BCUT2D eigenvalue weighted by molar-refractivity contribution is 0.834. The highest BCUT2D eigenvalue weighted by molar-refractivity contribution is 14.1. The third kappa shape index (κ3) is 4.23. The van der Waals surface area contributed by atoms with Gasteiger partial charge in [-0.1, -0.05) is 31.0 Å². The molecule has 2 rings (SSSR count). The van der Waals surface area contributed by atoms with Gasteiger partial charge >= 0.3 is 0 Å². The van der Waals surface area contributed by atoms with Crippen LogP contribution in [0.4, 0.5) is 0 Å². The van der Waals surface area contributed by atoms with Crippen LogP contribution in [0.3, 0.4) is 0 Å². The molecule has 0 aliphatic heterocycles. The van der Waals surface area contributed by atoms with Crippen LogP contribution in [0.25, 0.3) is 0 Å². The van der Waals surface area contributed by atoms with E-state index in [-0.39, 0.29) is 5.56 Å². The molecule has 0 spiro atoms. The Bertz CT molecular complexity index is 660. The first-order chi connectivity index (χ1) is 9.60. The van der Waals surface area contributed by atoms with Gasteiger partial charge in [0.2, 0.25) is 0 Å². The summed E-state index contributed by atoms with van der Waals surface area (Å²) in [5.74, 6) is 1.34. The first-order valence-corrected chi connectivity index (χ1v) is 8.70. The van der Waals surface area contributed by atoms with Gasteiger partial charge in [0.1, 0.15) is 5.82 Å². The van der Waals surface area contributed by atoms with Crippen molar-refractivity contribution in [2.45, 2.75) is 30.4 Å². The fourth-order valence-corrected chi connectivity index (χ4v) is 3.34. The summed E-state index contributed by atoms with van der Waals surface area (Å²) in [4.78, 5) is 20.3. The van der Waals surface area contributed by atoms with Crippen LogP contribution in [-0.4, -0.2) is 9.97 Å². The van der Waals surface area contributed by atoms with E-state index in [4.69, 9.17) is 11.6 Å². The van der Waals surface area contributed by atoms with Gasteiger partial charge in [-0.05, 0) is 47.2 Å². The molecule has 6 heteroatoms. The van der Waals surface area contributed by atoms with Crippen molar-refractivity contribution in [3.8, 4) is 0 Å². The van der Waals surface area contributed by atoms with E-state index in [1.54, 1.807) is 11.8 Å². The lowest BCUT2D eigenvalue weighted by Crippen LogP contribution is -2.17. The highest BCUT2D eigenvalue weighted by atomic mass is 127. The maximum absolute atomic E-state index is 11.9. The van der Waals surface area contributed by atoms with Crippen molar-refractivity contribution in [3.63, 3.8) is 0 Å². The van der Waals surface area contributed by atoms with E-state index >= 15 is 0 Å². The maximum atomic E-state index is 11.9. The Balaban J connectivity index is 2.15. The molecule has 20 heavy (non-hydrogen) atoms. The highest BCUT2D eigenvalue weighted by Gasteiger charge is 2.08. The van der Waals surface area contributed by atoms with Crippen LogP contribution < -0.4 is 5.56 Å². The van der Waals surface area contributed by atoms with Crippen LogP contribution in [0.15, 0.2) is 34.0 Å². The van der Waals surface area contributed by atoms with E-state index in [1.807, 2.05) is 24.3 Å². The molecule has 0 fully saturated rings. The van der Waals surface area contributed by atoms with E-state index < -0.39 is 0 Å². The Morgan fingerprint density at radius 2 is 2.25 bits per heavy atom. The summed E-state index contributed by atoms with van der Waals surface area (Å²) in [6.45, 7) is 2.08. The van der Waals surface area contributed by atoms with Crippen LogP contribution in [0, 0.1) is 3.57 Å². The molecule has 1 N–H and O–H groups in total. The van der Waals surface area contributed by atoms with Gasteiger partial charge in [0.05, 0.1) is 15.0 Å². The molecule has 0 amide bonds. The second-order valence-corrected chi connectivity index (χ2v) is 6.83. The average Bonchev–Trinajstić information content (AvgIpc) is 2.42. The number of hydrogen-bond acceptors (Lipinski definition) is 3. The number of aryl methyl sites for hydroxylation is 1. The molecule has 1 aromatic carbocycles. The number of rotatable bonds is 5. The Morgan fingerprint density at radius 1 is 1.45 bits per heavy atom. The fraction of sp³-hybridized carbons (Fsp3) is 0.286. The molecule has 0 saturated heterocycles. The van der Waals surface area contributed by atoms with E-state index in [2.05, 4.69) is 39.5 Å². The molecule has 0 radical (unpaired) electrons. The zero-order valence-electron chi connectivity index (χ0n) is 11.0. The molecule has 0 bridgehead atoms. The van der Waals surface area contributed by atoms with Crippen LogP contribution in [-0.2, 0) is 12.2 Å². The van der Waals surface area contributed by atoms with Gasteiger partial charge < -0.3 is 4.98 Å². The maximum Gasteiger partial charge on any atom is 0.264 e. The van der Waals surface area contributed by atoms with Crippen LogP contribution in [0.2, 0.25) is 5.02 Å². The minimum atomic E-state index is -0.0502. The number of hydrogen-bond donors (Lipinski definition) is 1. The van der Waals surface area contributed by atoms with Crippen LogP contribution >= 0.6 is 46.0 Å². The van der Waals surface area contributed by atoms with E-state index in [9.17, 15) is 4.79 Å². The number of H-pyrrole nitrogens is 1. The summed E-state index contributed by atoms with van der Waals surface area (Å²) in [6, 6.07) is 7.66. The SMILES string of the molecule is CCCc1nc(CSc2cccc(Cl)c2)[nH]c(=O)c1I. The number of aromatic amines is 1. The van der Waals surface area contributed by atoms with E-state index in [0.717, 1.165) is 23.4 Å². The van der Waals surface area contributed by atoms with Gasteiger partial charge in [-0.25, -0.2) is 4.98 Å². The number of thioether (sulfide) groups is 1.